The number of hydrogen-bond donors (Lipinski definition) is 0. The molecule has 1 aromatic heterocycles. The molecule has 1 rings (SSSR count). The number of aromatic nitrogens is 2. The molecule has 0 aliphatic heterocycles. The lowest BCUT2D eigenvalue weighted by Crippen LogP contribution is -2.09. The molecule has 102 valence electrons. The molecule has 0 saturated heterocycles. The molecule has 4 nitrogen and oxygen atoms in total. The fourth-order valence-corrected chi connectivity index (χ4v) is 1.99. The van der Waals surface area contributed by atoms with Crippen molar-refractivity contribution in [3.63, 3.8) is 0 Å². The summed E-state index contributed by atoms with van der Waals surface area (Å²) in [5.41, 5.74) is 0.405. The van der Waals surface area contributed by atoms with Crippen molar-refractivity contribution in [3.8, 4) is 0 Å². The van der Waals surface area contributed by atoms with Crippen LogP contribution in [-0.2, 0) is 11.3 Å². The number of hydrogen-bond acceptors (Lipinski definition) is 3. The van der Waals surface area contributed by atoms with E-state index in [0.29, 0.717) is 18.2 Å². The van der Waals surface area contributed by atoms with Gasteiger partial charge >= 0.3 is 5.97 Å². The molecule has 0 amide bonds. The van der Waals surface area contributed by atoms with E-state index >= 15 is 0 Å². The Kier molecular flexibility index (Phi) is 6.47. The lowest BCUT2D eigenvalue weighted by Gasteiger charge is -2.14. The number of imidazole rings is 1. The van der Waals surface area contributed by atoms with Crippen LogP contribution in [0.25, 0.3) is 0 Å². The maximum absolute atomic E-state index is 11.5. The number of carbonyl (C=O) groups is 1. The van der Waals surface area contributed by atoms with Crippen LogP contribution in [0.4, 0.5) is 0 Å². The van der Waals surface area contributed by atoms with Gasteiger partial charge < -0.3 is 9.30 Å². The molecule has 0 radical (unpaired) electrons. The molecule has 18 heavy (non-hydrogen) atoms. The van der Waals surface area contributed by atoms with Crippen molar-refractivity contribution in [2.24, 2.45) is 5.92 Å². The van der Waals surface area contributed by atoms with Gasteiger partial charge in [0.2, 0.25) is 0 Å². The van der Waals surface area contributed by atoms with E-state index < -0.39 is 0 Å². The maximum atomic E-state index is 11.5. The van der Waals surface area contributed by atoms with Crippen molar-refractivity contribution in [1.29, 1.82) is 0 Å². The van der Waals surface area contributed by atoms with E-state index in [0.717, 1.165) is 13.0 Å². The van der Waals surface area contributed by atoms with Crippen LogP contribution in [0.2, 0.25) is 0 Å². The molecule has 0 spiro atoms. The first-order valence-corrected chi connectivity index (χ1v) is 6.90. The van der Waals surface area contributed by atoms with Crippen LogP contribution < -0.4 is 0 Å². The first kappa shape index (κ1) is 14.7. The Hall–Kier alpha value is -1.32. The lowest BCUT2D eigenvalue weighted by molar-refractivity contribution is 0.0520. The summed E-state index contributed by atoms with van der Waals surface area (Å²) >= 11 is 0. The molecule has 0 fully saturated rings. The summed E-state index contributed by atoms with van der Waals surface area (Å²) in [6.07, 6.45) is 8.40. The van der Waals surface area contributed by atoms with Gasteiger partial charge in [-0.2, -0.15) is 0 Å². The van der Waals surface area contributed by atoms with Gasteiger partial charge in [0.05, 0.1) is 12.9 Å². The fourth-order valence-electron chi connectivity index (χ4n) is 1.99. The summed E-state index contributed by atoms with van der Waals surface area (Å²) in [6.45, 7) is 7.54. The highest BCUT2D eigenvalue weighted by Gasteiger charge is 2.12. The van der Waals surface area contributed by atoms with Gasteiger partial charge in [-0.05, 0) is 19.3 Å². The Morgan fingerprint density at radius 2 is 2.22 bits per heavy atom. The van der Waals surface area contributed by atoms with Crippen molar-refractivity contribution >= 4 is 5.97 Å². The third kappa shape index (κ3) is 4.51. The van der Waals surface area contributed by atoms with E-state index in [-0.39, 0.29) is 5.97 Å². The molecule has 1 atom stereocenters. The molecular formula is C14H24N2O2. The van der Waals surface area contributed by atoms with Crippen LogP contribution >= 0.6 is 0 Å². The van der Waals surface area contributed by atoms with Crippen molar-refractivity contribution in [2.45, 2.75) is 53.0 Å². The van der Waals surface area contributed by atoms with Gasteiger partial charge in [0.25, 0.3) is 0 Å². The normalized spacial score (nSPS) is 12.4. The highest BCUT2D eigenvalue weighted by Crippen LogP contribution is 2.15. The highest BCUT2D eigenvalue weighted by atomic mass is 16.5. The second-order valence-corrected chi connectivity index (χ2v) is 4.59. The summed E-state index contributed by atoms with van der Waals surface area (Å²) in [4.78, 5) is 15.6. The topological polar surface area (TPSA) is 44.1 Å². The van der Waals surface area contributed by atoms with Gasteiger partial charge in [-0.15, -0.1) is 0 Å². The SMILES string of the molecule is CCCCC(CC)Cn1cnc(C(=O)OCC)c1. The summed E-state index contributed by atoms with van der Waals surface area (Å²) in [7, 11) is 0. The van der Waals surface area contributed by atoms with Crippen LogP contribution in [0, 0.1) is 5.92 Å². The number of esters is 1. The third-order valence-corrected chi connectivity index (χ3v) is 3.13. The highest BCUT2D eigenvalue weighted by molar-refractivity contribution is 5.86. The average Bonchev–Trinajstić information content (AvgIpc) is 2.83. The van der Waals surface area contributed by atoms with Crippen molar-refractivity contribution in [2.75, 3.05) is 6.61 Å². The van der Waals surface area contributed by atoms with Crippen LogP contribution in [0.5, 0.6) is 0 Å². The van der Waals surface area contributed by atoms with Crippen LogP contribution in [0.1, 0.15) is 56.9 Å². The average molecular weight is 252 g/mol. The van der Waals surface area contributed by atoms with Gasteiger partial charge in [0.1, 0.15) is 0 Å². The summed E-state index contributed by atoms with van der Waals surface area (Å²) in [6, 6.07) is 0. The number of carbonyl (C=O) groups excluding carboxylic acids is 1. The predicted molar refractivity (Wildman–Crippen MR) is 71.5 cm³/mol. The zero-order valence-corrected chi connectivity index (χ0v) is 11.7. The maximum Gasteiger partial charge on any atom is 0.358 e. The molecule has 0 aromatic carbocycles. The Balaban J connectivity index is 2.54. The summed E-state index contributed by atoms with van der Waals surface area (Å²) in [5.74, 6) is 0.326. The second kappa shape index (κ2) is 7.90. The monoisotopic (exact) mass is 252 g/mol. The van der Waals surface area contributed by atoms with Gasteiger partial charge in [-0.25, -0.2) is 9.78 Å². The summed E-state index contributed by atoms with van der Waals surface area (Å²) < 4.78 is 6.92. The fraction of sp³-hybridized carbons (Fsp3) is 0.714. The standard InChI is InChI=1S/C14H24N2O2/c1-4-7-8-12(5-2)9-16-10-13(15-11-16)14(17)18-6-3/h10-12H,4-9H2,1-3H3. The molecular weight excluding hydrogens is 228 g/mol. The molecule has 0 N–H and O–H groups in total. The molecule has 0 aliphatic rings. The smallest absolute Gasteiger partial charge is 0.358 e. The van der Waals surface area contributed by atoms with E-state index in [2.05, 4.69) is 18.8 Å². The first-order chi connectivity index (χ1) is 8.71. The Morgan fingerprint density at radius 3 is 2.83 bits per heavy atom. The third-order valence-electron chi connectivity index (χ3n) is 3.13. The number of unbranched alkanes of at least 4 members (excludes halogenated alkanes) is 1. The molecule has 4 heteroatoms. The Morgan fingerprint density at radius 1 is 1.44 bits per heavy atom. The quantitative estimate of drug-likeness (QED) is 0.667. The van der Waals surface area contributed by atoms with E-state index in [1.807, 2.05) is 4.57 Å². The number of ether oxygens (including phenoxy) is 1. The molecule has 1 aromatic rings. The van der Waals surface area contributed by atoms with Crippen molar-refractivity contribution in [3.05, 3.63) is 18.2 Å². The second-order valence-electron chi connectivity index (χ2n) is 4.59. The zero-order chi connectivity index (χ0) is 13.4. The molecule has 1 unspecified atom stereocenters. The van der Waals surface area contributed by atoms with E-state index in [1.165, 1.54) is 19.3 Å². The van der Waals surface area contributed by atoms with Crippen molar-refractivity contribution in [1.82, 2.24) is 9.55 Å². The number of nitrogens with zero attached hydrogens (tertiary/aromatic N) is 2. The Labute approximate surface area is 109 Å². The van der Waals surface area contributed by atoms with Crippen molar-refractivity contribution < 1.29 is 9.53 Å². The predicted octanol–water partition coefficient (Wildman–Crippen LogP) is 3.28. The van der Waals surface area contributed by atoms with Gasteiger partial charge in [-0.1, -0.05) is 33.1 Å². The minimum atomic E-state index is -0.335. The lowest BCUT2D eigenvalue weighted by atomic mass is 9.99. The summed E-state index contributed by atoms with van der Waals surface area (Å²) in [5, 5.41) is 0. The molecule has 0 saturated carbocycles. The van der Waals surface area contributed by atoms with E-state index in [4.69, 9.17) is 4.74 Å². The molecule has 0 bridgehead atoms. The molecule has 1 heterocycles. The van der Waals surface area contributed by atoms with Crippen LogP contribution in [0.15, 0.2) is 12.5 Å². The van der Waals surface area contributed by atoms with Gasteiger partial charge in [-0.3, -0.25) is 0 Å². The number of rotatable bonds is 8. The minimum absolute atomic E-state index is 0.335. The van der Waals surface area contributed by atoms with Crippen LogP contribution in [-0.4, -0.2) is 22.1 Å². The van der Waals surface area contributed by atoms with E-state index in [1.54, 1.807) is 19.4 Å². The first-order valence-electron chi connectivity index (χ1n) is 6.90. The minimum Gasteiger partial charge on any atom is -0.461 e. The largest absolute Gasteiger partial charge is 0.461 e. The van der Waals surface area contributed by atoms with Gasteiger partial charge in [0.15, 0.2) is 5.69 Å². The van der Waals surface area contributed by atoms with Crippen LogP contribution in [0.3, 0.4) is 0 Å². The zero-order valence-electron chi connectivity index (χ0n) is 11.7. The Bertz CT molecular complexity index is 360. The molecule has 0 aliphatic carbocycles. The van der Waals surface area contributed by atoms with E-state index in [9.17, 15) is 4.79 Å². The van der Waals surface area contributed by atoms with Gasteiger partial charge in [0, 0.05) is 12.7 Å².